The van der Waals surface area contributed by atoms with Gasteiger partial charge in [0.25, 0.3) is 0 Å². The molecule has 0 atom stereocenters. The van der Waals surface area contributed by atoms with Gasteiger partial charge in [-0.25, -0.2) is 4.39 Å². The number of hydrogen-bond donors (Lipinski definition) is 0. The molecule has 0 aliphatic rings. The van der Waals surface area contributed by atoms with Crippen molar-refractivity contribution >= 4 is 51.6 Å². The molecule has 0 saturated heterocycles. The standard InChI is InChI=1S/C14H8Cl2FIO/c15-9-3-4-13(18)11(6-9)14(19)5-8-1-2-10(16)7-12(8)17/h1-4,6-7H,5H2. The molecule has 0 unspecified atom stereocenters. The summed E-state index contributed by atoms with van der Waals surface area (Å²) < 4.78 is 14.4. The van der Waals surface area contributed by atoms with Crippen LogP contribution in [0.2, 0.25) is 10.0 Å². The summed E-state index contributed by atoms with van der Waals surface area (Å²) in [6.07, 6.45) is -0.0145. The molecule has 1 nitrogen and oxygen atoms in total. The van der Waals surface area contributed by atoms with Gasteiger partial charge in [-0.2, -0.15) is 0 Å². The average Bonchev–Trinajstić information content (AvgIpc) is 2.35. The summed E-state index contributed by atoms with van der Waals surface area (Å²) in [6, 6.07) is 9.35. The molecular weight excluding hydrogens is 401 g/mol. The van der Waals surface area contributed by atoms with Crippen molar-refractivity contribution in [3.05, 3.63) is 67.0 Å². The van der Waals surface area contributed by atoms with Crippen molar-refractivity contribution in [2.24, 2.45) is 0 Å². The molecular formula is C14H8Cl2FIO. The zero-order valence-electron chi connectivity index (χ0n) is 9.59. The molecule has 0 aromatic heterocycles. The van der Waals surface area contributed by atoms with E-state index >= 15 is 0 Å². The Morgan fingerprint density at radius 3 is 2.42 bits per heavy atom. The fourth-order valence-corrected chi connectivity index (χ4v) is 2.61. The first-order chi connectivity index (χ1) is 8.97. The Morgan fingerprint density at radius 1 is 1.11 bits per heavy atom. The predicted molar refractivity (Wildman–Crippen MR) is 83.6 cm³/mol. The zero-order chi connectivity index (χ0) is 14.0. The second-order valence-corrected chi connectivity index (χ2v) is 5.99. The quantitative estimate of drug-likeness (QED) is 0.506. The van der Waals surface area contributed by atoms with Crippen LogP contribution in [0.1, 0.15) is 15.9 Å². The van der Waals surface area contributed by atoms with E-state index in [1.54, 1.807) is 24.3 Å². The van der Waals surface area contributed by atoms with Gasteiger partial charge in [-0.1, -0.05) is 29.3 Å². The van der Waals surface area contributed by atoms with Crippen LogP contribution in [0.3, 0.4) is 0 Å². The molecule has 0 fully saturated rings. The van der Waals surface area contributed by atoms with Crippen LogP contribution in [0, 0.1) is 9.39 Å². The van der Waals surface area contributed by atoms with E-state index in [4.69, 9.17) is 23.2 Å². The Labute approximate surface area is 133 Å². The lowest BCUT2D eigenvalue weighted by molar-refractivity contribution is 0.0991. The lowest BCUT2D eigenvalue weighted by Crippen LogP contribution is -2.07. The fraction of sp³-hybridized carbons (Fsp3) is 0.0714. The van der Waals surface area contributed by atoms with Crippen LogP contribution >= 0.6 is 45.8 Å². The first kappa shape index (κ1) is 14.8. The topological polar surface area (TPSA) is 17.1 Å². The van der Waals surface area contributed by atoms with Crippen molar-refractivity contribution in [3.63, 3.8) is 0 Å². The molecule has 2 rings (SSSR count). The van der Waals surface area contributed by atoms with Crippen LogP contribution in [0.4, 0.5) is 4.39 Å². The van der Waals surface area contributed by atoms with E-state index in [2.05, 4.69) is 22.6 Å². The van der Waals surface area contributed by atoms with Crippen LogP contribution in [0.15, 0.2) is 36.4 Å². The molecule has 2 aromatic rings. The van der Waals surface area contributed by atoms with Crippen LogP contribution in [-0.4, -0.2) is 5.78 Å². The van der Waals surface area contributed by atoms with Gasteiger partial charge in [0, 0.05) is 25.6 Å². The molecule has 0 bridgehead atoms. The van der Waals surface area contributed by atoms with Crippen LogP contribution in [-0.2, 0) is 6.42 Å². The number of rotatable bonds is 3. The zero-order valence-corrected chi connectivity index (χ0v) is 13.3. The maximum atomic E-state index is 13.6. The van der Waals surface area contributed by atoms with Crippen molar-refractivity contribution in [2.75, 3.05) is 0 Å². The third-order valence-corrected chi connectivity index (χ3v) is 4.01. The van der Waals surface area contributed by atoms with E-state index in [1.165, 1.54) is 12.1 Å². The number of benzene rings is 2. The summed E-state index contributed by atoms with van der Waals surface area (Å²) >= 11 is 13.6. The van der Waals surface area contributed by atoms with Gasteiger partial charge in [0.15, 0.2) is 5.78 Å². The number of carbonyl (C=O) groups is 1. The molecule has 2 aromatic carbocycles. The van der Waals surface area contributed by atoms with Crippen molar-refractivity contribution in [1.82, 2.24) is 0 Å². The molecule has 0 aliphatic carbocycles. The number of Topliss-reactive ketones (excluding diaryl/α,β-unsaturated/α-hetero) is 1. The van der Waals surface area contributed by atoms with Gasteiger partial charge in [0.1, 0.15) is 5.82 Å². The highest BCUT2D eigenvalue weighted by molar-refractivity contribution is 14.1. The third-order valence-electron chi connectivity index (χ3n) is 2.59. The average molecular weight is 409 g/mol. The Balaban J connectivity index is 2.28. The lowest BCUT2D eigenvalue weighted by Gasteiger charge is -2.06. The van der Waals surface area contributed by atoms with Crippen molar-refractivity contribution in [1.29, 1.82) is 0 Å². The van der Waals surface area contributed by atoms with Gasteiger partial charge >= 0.3 is 0 Å². The highest BCUT2D eigenvalue weighted by atomic mass is 127. The third kappa shape index (κ3) is 3.68. The van der Waals surface area contributed by atoms with Crippen LogP contribution in [0.25, 0.3) is 0 Å². The van der Waals surface area contributed by atoms with E-state index in [1.807, 2.05) is 0 Å². The van der Waals surface area contributed by atoms with E-state index in [-0.39, 0.29) is 12.2 Å². The molecule has 19 heavy (non-hydrogen) atoms. The Hall–Kier alpha value is -0.650. The van der Waals surface area contributed by atoms with E-state index in [0.29, 0.717) is 21.2 Å². The van der Waals surface area contributed by atoms with Gasteiger partial charge in [-0.15, -0.1) is 0 Å². The molecule has 0 aliphatic heterocycles. The predicted octanol–water partition coefficient (Wildman–Crippen LogP) is 5.16. The van der Waals surface area contributed by atoms with Crippen LogP contribution in [0.5, 0.6) is 0 Å². The lowest BCUT2D eigenvalue weighted by atomic mass is 10.0. The van der Waals surface area contributed by atoms with E-state index in [0.717, 1.165) is 3.57 Å². The minimum Gasteiger partial charge on any atom is -0.294 e. The maximum absolute atomic E-state index is 13.6. The minimum absolute atomic E-state index is 0.0145. The molecule has 98 valence electrons. The Kier molecular flexibility index (Phi) is 4.81. The van der Waals surface area contributed by atoms with Gasteiger partial charge in [0.2, 0.25) is 0 Å². The SMILES string of the molecule is O=C(Cc1ccc(Cl)cc1F)c1cc(Cl)ccc1I. The van der Waals surface area contributed by atoms with Gasteiger partial charge in [-0.05, 0) is 58.5 Å². The van der Waals surface area contributed by atoms with Gasteiger partial charge in [-0.3, -0.25) is 4.79 Å². The second-order valence-electron chi connectivity index (χ2n) is 3.96. The van der Waals surface area contributed by atoms with E-state index < -0.39 is 5.82 Å². The van der Waals surface area contributed by atoms with Gasteiger partial charge in [0.05, 0.1) is 0 Å². The summed E-state index contributed by atoms with van der Waals surface area (Å²) in [7, 11) is 0. The maximum Gasteiger partial charge on any atom is 0.168 e. The fourth-order valence-electron chi connectivity index (χ4n) is 1.64. The number of carbonyl (C=O) groups excluding carboxylic acids is 1. The van der Waals surface area contributed by atoms with Crippen molar-refractivity contribution in [3.8, 4) is 0 Å². The number of halogens is 4. The number of hydrogen-bond acceptors (Lipinski definition) is 1. The number of ketones is 1. The minimum atomic E-state index is -0.474. The monoisotopic (exact) mass is 408 g/mol. The first-order valence-electron chi connectivity index (χ1n) is 5.39. The summed E-state index contributed by atoms with van der Waals surface area (Å²) in [5, 5.41) is 0.798. The smallest absolute Gasteiger partial charge is 0.168 e. The Bertz CT molecular complexity index is 643. The summed E-state index contributed by atoms with van der Waals surface area (Å²) in [5.41, 5.74) is 0.827. The van der Waals surface area contributed by atoms with E-state index in [9.17, 15) is 9.18 Å². The molecule has 0 amide bonds. The van der Waals surface area contributed by atoms with Crippen LogP contribution < -0.4 is 0 Å². The van der Waals surface area contributed by atoms with Crippen molar-refractivity contribution < 1.29 is 9.18 Å². The highest BCUT2D eigenvalue weighted by Crippen LogP contribution is 2.21. The summed E-state index contributed by atoms with van der Waals surface area (Å²) in [4.78, 5) is 12.2. The Morgan fingerprint density at radius 2 is 1.74 bits per heavy atom. The molecule has 0 saturated carbocycles. The molecule has 0 heterocycles. The normalized spacial score (nSPS) is 10.5. The summed E-state index contributed by atoms with van der Waals surface area (Å²) in [5.74, 6) is -0.647. The molecule has 5 heteroatoms. The van der Waals surface area contributed by atoms with Gasteiger partial charge < -0.3 is 0 Å². The molecule has 0 radical (unpaired) electrons. The van der Waals surface area contributed by atoms with Crippen molar-refractivity contribution in [2.45, 2.75) is 6.42 Å². The summed E-state index contributed by atoms with van der Waals surface area (Å²) in [6.45, 7) is 0. The molecule has 0 spiro atoms. The largest absolute Gasteiger partial charge is 0.294 e. The molecule has 0 N–H and O–H groups in total. The second kappa shape index (κ2) is 6.20. The first-order valence-corrected chi connectivity index (χ1v) is 7.23. The highest BCUT2D eigenvalue weighted by Gasteiger charge is 2.14.